The van der Waals surface area contributed by atoms with E-state index >= 15 is 0 Å². The average Bonchev–Trinajstić information content (AvgIpc) is 2.91. The molecule has 36 heavy (non-hydrogen) atoms. The van der Waals surface area contributed by atoms with Gasteiger partial charge in [-0.05, 0) is 61.0 Å². The number of carbonyl (C=O) groups excluding carboxylic acids is 1. The second-order valence-electron chi connectivity index (χ2n) is 8.53. The molecule has 2 aliphatic heterocycles. The fraction of sp³-hybridized carbons (Fsp3) is 0.269. The fourth-order valence-electron chi connectivity index (χ4n) is 4.09. The maximum absolute atomic E-state index is 13.6. The Bertz CT molecular complexity index is 1380. The molecule has 9 nitrogen and oxygen atoms in total. The van der Waals surface area contributed by atoms with Crippen LogP contribution in [0.2, 0.25) is 0 Å². The van der Waals surface area contributed by atoms with Gasteiger partial charge >= 0.3 is 0 Å². The van der Waals surface area contributed by atoms with Crippen LogP contribution in [0.5, 0.6) is 23.0 Å². The zero-order chi connectivity index (χ0) is 25.3. The largest absolute Gasteiger partial charge is 0.497 e. The monoisotopic (exact) mass is 510 g/mol. The third kappa shape index (κ3) is 4.64. The Morgan fingerprint density at radius 3 is 2.53 bits per heavy atom. The molecule has 3 aromatic rings. The van der Waals surface area contributed by atoms with Crippen molar-refractivity contribution >= 4 is 21.6 Å². The summed E-state index contributed by atoms with van der Waals surface area (Å²) in [6.45, 7) is 2.14. The number of ether oxygens (including phenoxy) is 4. The number of nitrogens with zero attached hydrogens (tertiary/aromatic N) is 1. The second-order valence-corrected chi connectivity index (χ2v) is 10.4. The molecule has 0 spiro atoms. The first-order chi connectivity index (χ1) is 17.3. The number of hydrogen-bond acceptors (Lipinski definition) is 7. The minimum absolute atomic E-state index is 0.0863. The minimum atomic E-state index is -3.98. The topological polar surface area (TPSA) is 103 Å². The van der Waals surface area contributed by atoms with E-state index in [0.29, 0.717) is 28.7 Å². The van der Waals surface area contributed by atoms with Crippen molar-refractivity contribution in [1.29, 1.82) is 0 Å². The molecule has 0 fully saturated rings. The van der Waals surface area contributed by atoms with E-state index in [2.05, 4.69) is 5.32 Å². The van der Waals surface area contributed by atoms with E-state index in [1.807, 2.05) is 31.2 Å². The van der Waals surface area contributed by atoms with Crippen LogP contribution in [0.25, 0.3) is 0 Å². The van der Waals surface area contributed by atoms with Gasteiger partial charge in [-0.1, -0.05) is 18.2 Å². The summed E-state index contributed by atoms with van der Waals surface area (Å²) < 4.78 is 51.1. The summed E-state index contributed by atoms with van der Waals surface area (Å²) in [4.78, 5) is 13.2. The fourth-order valence-corrected chi connectivity index (χ4v) is 5.56. The minimum Gasteiger partial charge on any atom is -0.497 e. The molecule has 5 rings (SSSR count). The van der Waals surface area contributed by atoms with Crippen molar-refractivity contribution < 1.29 is 32.2 Å². The smallest absolute Gasteiger partial charge is 0.264 e. The van der Waals surface area contributed by atoms with E-state index in [4.69, 9.17) is 18.9 Å². The number of carbonyl (C=O) groups is 1. The molecule has 1 amide bonds. The highest BCUT2D eigenvalue weighted by molar-refractivity contribution is 7.92. The second kappa shape index (κ2) is 9.62. The summed E-state index contributed by atoms with van der Waals surface area (Å²) in [6, 6.07) is 18.7. The first-order valence-corrected chi connectivity index (χ1v) is 12.9. The van der Waals surface area contributed by atoms with Crippen LogP contribution >= 0.6 is 0 Å². The molecular weight excluding hydrogens is 484 g/mol. The van der Waals surface area contributed by atoms with Crippen molar-refractivity contribution in [3.8, 4) is 23.0 Å². The van der Waals surface area contributed by atoms with Crippen molar-refractivity contribution in [2.24, 2.45) is 0 Å². The van der Waals surface area contributed by atoms with E-state index < -0.39 is 22.0 Å². The molecule has 0 saturated carbocycles. The maximum Gasteiger partial charge on any atom is 0.264 e. The molecule has 2 aliphatic rings. The van der Waals surface area contributed by atoms with Gasteiger partial charge in [0.05, 0.1) is 30.8 Å². The highest BCUT2D eigenvalue weighted by Gasteiger charge is 2.38. The standard InChI is InChI=1S/C26H26N2O7S/c1-17-7-12-22-21(13-17)28(36(30,31)20-10-8-18(32-2)9-11-20)15-25(35-22)26(29)27-14-19-16-33-23-5-3-4-6-24(23)34-19/h3-13,19,25H,14-16H2,1-2H3,(H,27,29)/t19-,25-/m1/s1. The van der Waals surface area contributed by atoms with Crippen molar-refractivity contribution in [2.75, 3.05) is 31.1 Å². The molecule has 0 saturated heterocycles. The van der Waals surface area contributed by atoms with Crippen molar-refractivity contribution in [3.05, 3.63) is 72.3 Å². The Morgan fingerprint density at radius 1 is 1.03 bits per heavy atom. The van der Waals surface area contributed by atoms with Gasteiger partial charge in [0.2, 0.25) is 0 Å². The van der Waals surface area contributed by atoms with Gasteiger partial charge in [-0.25, -0.2) is 8.42 Å². The number of methoxy groups -OCH3 is 1. The number of nitrogens with one attached hydrogen (secondary N) is 1. The van der Waals surface area contributed by atoms with Crippen LogP contribution in [0, 0.1) is 6.92 Å². The summed E-state index contributed by atoms with van der Waals surface area (Å²) in [7, 11) is -2.47. The molecule has 0 unspecified atom stereocenters. The lowest BCUT2D eigenvalue weighted by Crippen LogP contribution is -2.52. The van der Waals surface area contributed by atoms with Crippen LogP contribution in [-0.4, -0.2) is 53.3 Å². The number of anilines is 1. The Hall–Kier alpha value is -3.92. The van der Waals surface area contributed by atoms with Crippen LogP contribution in [0.4, 0.5) is 5.69 Å². The molecular formula is C26H26N2O7S. The Kier molecular flexibility index (Phi) is 6.36. The summed E-state index contributed by atoms with van der Waals surface area (Å²) in [5, 5.41) is 2.81. The zero-order valence-electron chi connectivity index (χ0n) is 19.8. The first-order valence-electron chi connectivity index (χ1n) is 11.5. The number of amides is 1. The van der Waals surface area contributed by atoms with E-state index in [1.165, 1.54) is 23.5 Å². The lowest BCUT2D eigenvalue weighted by molar-refractivity contribution is -0.128. The number of aryl methyl sites for hydroxylation is 1. The third-order valence-corrected chi connectivity index (χ3v) is 7.79. The molecule has 10 heteroatoms. The van der Waals surface area contributed by atoms with Gasteiger partial charge in [0, 0.05) is 0 Å². The van der Waals surface area contributed by atoms with Gasteiger partial charge in [0.15, 0.2) is 17.6 Å². The summed E-state index contributed by atoms with van der Waals surface area (Å²) in [5.74, 6) is 1.68. The third-order valence-electron chi connectivity index (χ3n) is 6.00. The van der Waals surface area contributed by atoms with Crippen LogP contribution in [0.1, 0.15) is 5.56 Å². The van der Waals surface area contributed by atoms with Crippen LogP contribution in [-0.2, 0) is 14.8 Å². The van der Waals surface area contributed by atoms with E-state index in [-0.39, 0.29) is 30.7 Å². The van der Waals surface area contributed by atoms with E-state index in [1.54, 1.807) is 30.3 Å². The highest BCUT2D eigenvalue weighted by Crippen LogP contribution is 2.38. The number of fused-ring (bicyclic) bond motifs is 2. The molecule has 0 aromatic heterocycles. The lowest BCUT2D eigenvalue weighted by Gasteiger charge is -2.35. The van der Waals surface area contributed by atoms with Gasteiger partial charge in [0.25, 0.3) is 15.9 Å². The van der Waals surface area contributed by atoms with Gasteiger partial charge in [-0.2, -0.15) is 0 Å². The predicted octanol–water partition coefficient (Wildman–Crippen LogP) is 2.92. The molecule has 2 atom stereocenters. The number of rotatable bonds is 6. The van der Waals surface area contributed by atoms with Gasteiger partial charge < -0.3 is 24.3 Å². The number of hydrogen-bond donors (Lipinski definition) is 1. The molecule has 3 aromatic carbocycles. The molecule has 188 valence electrons. The van der Waals surface area contributed by atoms with Crippen LogP contribution in [0.3, 0.4) is 0 Å². The van der Waals surface area contributed by atoms with Crippen LogP contribution in [0.15, 0.2) is 71.6 Å². The van der Waals surface area contributed by atoms with Crippen LogP contribution < -0.4 is 28.6 Å². The summed E-state index contributed by atoms with van der Waals surface area (Å²) in [5.41, 5.74) is 1.25. The summed E-state index contributed by atoms with van der Waals surface area (Å²) in [6.07, 6.45) is -1.44. The Labute approximate surface area is 209 Å². The first kappa shape index (κ1) is 23.8. The lowest BCUT2D eigenvalue weighted by atomic mass is 10.1. The van der Waals surface area contributed by atoms with E-state index in [9.17, 15) is 13.2 Å². The Balaban J connectivity index is 1.34. The van der Waals surface area contributed by atoms with E-state index in [0.717, 1.165) is 5.56 Å². The average molecular weight is 511 g/mol. The quantitative estimate of drug-likeness (QED) is 0.544. The van der Waals surface area contributed by atoms with Crippen molar-refractivity contribution in [2.45, 2.75) is 24.0 Å². The van der Waals surface area contributed by atoms with Gasteiger partial charge in [-0.3, -0.25) is 9.10 Å². The molecule has 1 N–H and O–H groups in total. The molecule has 2 heterocycles. The SMILES string of the molecule is COc1ccc(S(=O)(=O)N2C[C@H](C(=O)NC[C@@H]3COc4ccccc4O3)Oc3ccc(C)cc32)cc1. The number of benzene rings is 3. The molecule has 0 bridgehead atoms. The van der Waals surface area contributed by atoms with Crippen molar-refractivity contribution in [3.63, 3.8) is 0 Å². The van der Waals surface area contributed by atoms with Gasteiger partial charge in [-0.15, -0.1) is 0 Å². The zero-order valence-corrected chi connectivity index (χ0v) is 20.7. The Morgan fingerprint density at radius 2 is 1.78 bits per heavy atom. The normalized spacial score (nSPS) is 18.6. The van der Waals surface area contributed by atoms with Crippen molar-refractivity contribution in [1.82, 2.24) is 5.32 Å². The maximum atomic E-state index is 13.6. The number of para-hydroxylation sites is 2. The molecule has 0 radical (unpaired) electrons. The molecule has 0 aliphatic carbocycles. The van der Waals surface area contributed by atoms with Gasteiger partial charge in [0.1, 0.15) is 24.2 Å². The predicted molar refractivity (Wildman–Crippen MR) is 132 cm³/mol. The number of sulfonamides is 1. The summed E-state index contributed by atoms with van der Waals surface area (Å²) >= 11 is 0. The highest BCUT2D eigenvalue weighted by atomic mass is 32.2.